The maximum absolute atomic E-state index is 5.65. The number of morpholine rings is 1. The van der Waals surface area contributed by atoms with Crippen LogP contribution < -0.4 is 5.32 Å². The van der Waals surface area contributed by atoms with Crippen molar-refractivity contribution in [2.45, 2.75) is 89.3 Å². The van der Waals surface area contributed by atoms with Crippen LogP contribution in [0, 0.1) is 0 Å². The number of rotatable bonds is 2. The smallest absolute Gasteiger partial charge is 0.0619 e. The molecule has 1 saturated heterocycles. The number of nitrogens with one attached hydrogen (secondary N) is 1. The van der Waals surface area contributed by atoms with E-state index in [1.54, 1.807) is 0 Å². The molecule has 0 bridgehead atoms. The quantitative estimate of drug-likeness (QED) is 0.843. The van der Waals surface area contributed by atoms with Gasteiger partial charge in [-0.1, -0.05) is 51.4 Å². The Morgan fingerprint density at radius 2 is 1.52 bits per heavy atom. The Bertz CT molecular complexity index is 272. The van der Waals surface area contributed by atoms with Crippen LogP contribution in [0.3, 0.4) is 0 Å². The molecular formula is C18H36N2O. The second-order valence-electron chi connectivity index (χ2n) is 7.03. The van der Waals surface area contributed by atoms with E-state index in [1.807, 2.05) is 0 Å². The highest BCUT2D eigenvalue weighted by Gasteiger charge is 2.31. The van der Waals surface area contributed by atoms with Gasteiger partial charge in [-0.05, 0) is 26.8 Å². The lowest BCUT2D eigenvalue weighted by Gasteiger charge is -2.43. The molecule has 0 spiro atoms. The highest BCUT2D eigenvalue weighted by atomic mass is 16.5. The minimum Gasteiger partial charge on any atom is -0.379 e. The van der Waals surface area contributed by atoms with Gasteiger partial charge >= 0.3 is 0 Å². The molecule has 1 aliphatic heterocycles. The Labute approximate surface area is 131 Å². The van der Waals surface area contributed by atoms with Gasteiger partial charge in [0.15, 0.2) is 0 Å². The third kappa shape index (κ3) is 5.54. The van der Waals surface area contributed by atoms with Crippen molar-refractivity contribution < 1.29 is 4.74 Å². The van der Waals surface area contributed by atoms with E-state index in [9.17, 15) is 0 Å². The van der Waals surface area contributed by atoms with E-state index in [1.165, 1.54) is 64.2 Å². The molecule has 21 heavy (non-hydrogen) atoms. The fourth-order valence-electron chi connectivity index (χ4n) is 4.14. The van der Waals surface area contributed by atoms with E-state index in [0.717, 1.165) is 19.8 Å². The lowest BCUT2D eigenvalue weighted by molar-refractivity contribution is -0.0325. The van der Waals surface area contributed by atoms with Crippen LogP contribution in [0.4, 0.5) is 0 Å². The summed E-state index contributed by atoms with van der Waals surface area (Å²) in [5.74, 6) is 0. The molecule has 3 atom stereocenters. The maximum Gasteiger partial charge on any atom is 0.0619 e. The average Bonchev–Trinajstić information content (AvgIpc) is 2.49. The summed E-state index contributed by atoms with van der Waals surface area (Å²) in [4.78, 5) is 2.73. The van der Waals surface area contributed by atoms with Gasteiger partial charge in [-0.15, -0.1) is 0 Å². The van der Waals surface area contributed by atoms with Crippen LogP contribution in [0.2, 0.25) is 0 Å². The molecule has 3 nitrogen and oxygen atoms in total. The van der Waals surface area contributed by atoms with Gasteiger partial charge in [-0.3, -0.25) is 4.90 Å². The molecule has 0 radical (unpaired) electrons. The molecule has 0 aromatic heterocycles. The molecule has 2 fully saturated rings. The van der Waals surface area contributed by atoms with E-state index >= 15 is 0 Å². The standard InChI is InChI=1S/C18H36N2O/c1-16-15-21-14-13-20(16)18-12-10-8-6-4-3-5-7-9-11-17(18)19-2/h16-19H,3-15H2,1-2H3. The van der Waals surface area contributed by atoms with Crippen molar-refractivity contribution >= 4 is 0 Å². The zero-order chi connectivity index (χ0) is 14.9. The van der Waals surface area contributed by atoms with E-state index < -0.39 is 0 Å². The topological polar surface area (TPSA) is 24.5 Å². The Hall–Kier alpha value is -0.120. The molecule has 1 aliphatic carbocycles. The van der Waals surface area contributed by atoms with Crippen molar-refractivity contribution in [2.75, 3.05) is 26.8 Å². The summed E-state index contributed by atoms with van der Waals surface area (Å²) >= 11 is 0. The first-order chi connectivity index (χ1) is 10.3. The third-order valence-electron chi connectivity index (χ3n) is 5.45. The number of likely N-dealkylation sites (N-methyl/N-ethyl adjacent to an activating group) is 1. The number of hydrogen-bond donors (Lipinski definition) is 1. The zero-order valence-corrected chi connectivity index (χ0v) is 14.3. The summed E-state index contributed by atoms with van der Waals surface area (Å²) in [6.45, 7) is 5.27. The van der Waals surface area contributed by atoms with Crippen LogP contribution >= 0.6 is 0 Å². The monoisotopic (exact) mass is 296 g/mol. The Morgan fingerprint density at radius 1 is 0.905 bits per heavy atom. The number of hydrogen-bond acceptors (Lipinski definition) is 3. The second kappa shape index (κ2) is 9.81. The lowest BCUT2D eigenvalue weighted by Crippen LogP contribution is -2.56. The van der Waals surface area contributed by atoms with Crippen molar-refractivity contribution in [2.24, 2.45) is 0 Å². The van der Waals surface area contributed by atoms with Crippen LogP contribution in [0.1, 0.15) is 71.1 Å². The lowest BCUT2D eigenvalue weighted by atomic mass is 9.92. The van der Waals surface area contributed by atoms with E-state index in [2.05, 4.69) is 24.2 Å². The highest BCUT2D eigenvalue weighted by Crippen LogP contribution is 2.23. The predicted octanol–water partition coefficient (Wildman–Crippen LogP) is 3.58. The minimum absolute atomic E-state index is 0.576. The molecule has 2 aliphatic rings. The predicted molar refractivity (Wildman–Crippen MR) is 89.8 cm³/mol. The average molecular weight is 296 g/mol. The first kappa shape index (κ1) is 17.2. The zero-order valence-electron chi connectivity index (χ0n) is 14.3. The molecule has 0 aromatic rings. The molecule has 124 valence electrons. The fraction of sp³-hybridized carbons (Fsp3) is 1.00. The van der Waals surface area contributed by atoms with Gasteiger partial charge in [-0.2, -0.15) is 0 Å². The molecule has 1 N–H and O–H groups in total. The molecule has 3 heteroatoms. The van der Waals surface area contributed by atoms with Crippen LogP contribution in [0.25, 0.3) is 0 Å². The SMILES string of the molecule is CNC1CCCCCCCCCCC1N1CCOCC1C. The normalized spacial score (nSPS) is 34.9. The molecule has 0 amide bonds. The Balaban J connectivity index is 1.98. The molecule has 2 rings (SSSR count). The summed E-state index contributed by atoms with van der Waals surface area (Å²) in [5, 5.41) is 3.64. The van der Waals surface area contributed by atoms with Gasteiger partial charge in [-0.25, -0.2) is 0 Å². The van der Waals surface area contributed by atoms with Gasteiger partial charge in [0.2, 0.25) is 0 Å². The first-order valence-electron chi connectivity index (χ1n) is 9.33. The van der Waals surface area contributed by atoms with Crippen molar-refractivity contribution in [1.82, 2.24) is 10.2 Å². The van der Waals surface area contributed by atoms with Crippen LogP contribution in [0.15, 0.2) is 0 Å². The Morgan fingerprint density at radius 3 is 2.14 bits per heavy atom. The van der Waals surface area contributed by atoms with Crippen molar-refractivity contribution in [1.29, 1.82) is 0 Å². The van der Waals surface area contributed by atoms with Crippen LogP contribution in [0.5, 0.6) is 0 Å². The van der Waals surface area contributed by atoms with Gasteiger partial charge < -0.3 is 10.1 Å². The van der Waals surface area contributed by atoms with Gasteiger partial charge in [0.05, 0.1) is 13.2 Å². The number of ether oxygens (including phenoxy) is 1. The minimum atomic E-state index is 0.576. The van der Waals surface area contributed by atoms with Crippen molar-refractivity contribution in [3.05, 3.63) is 0 Å². The molecule has 1 heterocycles. The van der Waals surface area contributed by atoms with Crippen LogP contribution in [-0.4, -0.2) is 49.8 Å². The van der Waals surface area contributed by atoms with Crippen molar-refractivity contribution in [3.8, 4) is 0 Å². The summed E-state index contributed by atoms with van der Waals surface area (Å²) in [6.07, 6.45) is 14.1. The van der Waals surface area contributed by atoms with E-state index in [-0.39, 0.29) is 0 Å². The fourth-order valence-corrected chi connectivity index (χ4v) is 4.14. The second-order valence-corrected chi connectivity index (χ2v) is 7.03. The highest BCUT2D eigenvalue weighted by molar-refractivity contribution is 4.88. The Kier molecular flexibility index (Phi) is 8.05. The summed E-state index contributed by atoms with van der Waals surface area (Å²) in [5.41, 5.74) is 0. The van der Waals surface area contributed by atoms with Crippen LogP contribution in [-0.2, 0) is 4.74 Å². The van der Waals surface area contributed by atoms with E-state index in [4.69, 9.17) is 4.74 Å². The van der Waals surface area contributed by atoms with E-state index in [0.29, 0.717) is 18.1 Å². The first-order valence-corrected chi connectivity index (χ1v) is 9.33. The summed E-state index contributed by atoms with van der Waals surface area (Å²) < 4.78 is 5.65. The summed E-state index contributed by atoms with van der Waals surface area (Å²) in [6, 6.07) is 1.94. The molecule has 1 saturated carbocycles. The molecule has 3 unspecified atom stereocenters. The van der Waals surface area contributed by atoms with Gasteiger partial charge in [0.25, 0.3) is 0 Å². The third-order valence-corrected chi connectivity index (χ3v) is 5.45. The van der Waals surface area contributed by atoms with Gasteiger partial charge in [0, 0.05) is 24.7 Å². The van der Waals surface area contributed by atoms with Crippen molar-refractivity contribution in [3.63, 3.8) is 0 Å². The molecular weight excluding hydrogens is 260 g/mol. The summed E-state index contributed by atoms with van der Waals surface area (Å²) in [7, 11) is 2.16. The number of nitrogens with zero attached hydrogens (tertiary/aromatic N) is 1. The maximum atomic E-state index is 5.65. The largest absolute Gasteiger partial charge is 0.379 e. The van der Waals surface area contributed by atoms with Gasteiger partial charge in [0.1, 0.15) is 0 Å². The molecule has 0 aromatic carbocycles.